The van der Waals surface area contributed by atoms with Crippen LogP contribution in [0.3, 0.4) is 0 Å². The summed E-state index contributed by atoms with van der Waals surface area (Å²) >= 11 is 1.49. The lowest BCUT2D eigenvalue weighted by Gasteiger charge is -2.33. The Morgan fingerprint density at radius 1 is 1.36 bits per heavy atom. The van der Waals surface area contributed by atoms with Crippen molar-refractivity contribution in [3.05, 3.63) is 46.1 Å². The van der Waals surface area contributed by atoms with Crippen molar-refractivity contribution >= 4 is 22.2 Å². The monoisotopic (exact) mass is 400 g/mol. The zero-order chi connectivity index (χ0) is 19.8. The highest BCUT2D eigenvalue weighted by Crippen LogP contribution is 2.35. The van der Waals surface area contributed by atoms with Gasteiger partial charge in [-0.05, 0) is 6.92 Å². The molecule has 1 saturated heterocycles. The van der Waals surface area contributed by atoms with Gasteiger partial charge in [0.15, 0.2) is 11.9 Å². The van der Waals surface area contributed by atoms with E-state index in [2.05, 4.69) is 41.3 Å². The maximum Gasteiger partial charge on any atom is 0.235 e. The van der Waals surface area contributed by atoms with E-state index in [-0.39, 0.29) is 23.7 Å². The molecule has 0 saturated carbocycles. The van der Waals surface area contributed by atoms with E-state index in [1.54, 1.807) is 4.52 Å². The van der Waals surface area contributed by atoms with E-state index < -0.39 is 0 Å². The largest absolute Gasteiger partial charge is 0.492 e. The molecule has 0 aliphatic carbocycles. The summed E-state index contributed by atoms with van der Waals surface area (Å²) in [5.41, 5.74) is 7.86. The maximum atomic E-state index is 11.6. The number of aromatic nitrogens is 3. The van der Waals surface area contributed by atoms with Crippen LogP contribution in [-0.2, 0) is 11.2 Å². The van der Waals surface area contributed by atoms with Gasteiger partial charge in [-0.2, -0.15) is 4.52 Å². The third kappa shape index (κ3) is 3.38. The number of likely N-dealkylation sites (tertiary alicyclic amines) is 1. The molecule has 0 spiro atoms. The summed E-state index contributed by atoms with van der Waals surface area (Å²) < 4.78 is 1.55. The minimum Gasteiger partial charge on any atom is -0.492 e. The van der Waals surface area contributed by atoms with E-state index in [9.17, 15) is 9.90 Å². The van der Waals surface area contributed by atoms with E-state index in [0.29, 0.717) is 4.96 Å². The summed E-state index contributed by atoms with van der Waals surface area (Å²) in [6, 6.07) is 8.43. The zero-order valence-electron chi connectivity index (χ0n) is 16.2. The predicted octanol–water partition coefficient (Wildman–Crippen LogP) is 1.24. The van der Waals surface area contributed by atoms with Crippen molar-refractivity contribution in [1.82, 2.24) is 14.6 Å². The van der Waals surface area contributed by atoms with Gasteiger partial charge in [-0.15, -0.1) is 5.10 Å². The standard InChI is InChI=1S/C20H25N5O2S/c1-3-15-22-20-25(23-15)19(27)17(28-20)16(13-6-4-12(2)5-7-13)24-10-8-14(9-11-24)18(21)26/h4-7,14,16,27H,3,8-11H2,1-2H3,(H2,21,26)/p+1/t16-/m0/s1. The lowest BCUT2D eigenvalue weighted by molar-refractivity contribution is -0.930. The molecule has 4 N–H and O–H groups in total. The van der Waals surface area contributed by atoms with Crippen LogP contribution >= 0.6 is 11.3 Å². The molecule has 4 rings (SSSR count). The molecule has 0 radical (unpaired) electrons. The second kappa shape index (κ2) is 7.52. The van der Waals surface area contributed by atoms with Gasteiger partial charge in [0.2, 0.25) is 16.7 Å². The van der Waals surface area contributed by atoms with Crippen molar-refractivity contribution in [2.24, 2.45) is 11.7 Å². The highest BCUT2D eigenvalue weighted by atomic mass is 32.1. The maximum absolute atomic E-state index is 11.6. The number of amides is 1. The third-order valence-corrected chi connectivity index (χ3v) is 6.76. The number of hydrogen-bond acceptors (Lipinski definition) is 5. The summed E-state index contributed by atoms with van der Waals surface area (Å²) in [4.78, 5) is 19.0. The zero-order valence-corrected chi connectivity index (χ0v) is 17.0. The Morgan fingerprint density at radius 3 is 2.61 bits per heavy atom. The number of benzene rings is 1. The molecule has 8 heteroatoms. The molecule has 1 amide bonds. The number of nitrogens with one attached hydrogen (secondary N) is 1. The molecule has 0 unspecified atom stereocenters. The molecule has 3 heterocycles. The van der Waals surface area contributed by atoms with Gasteiger partial charge in [-0.3, -0.25) is 4.79 Å². The topological polar surface area (TPSA) is 98.0 Å². The quantitative estimate of drug-likeness (QED) is 0.600. The van der Waals surface area contributed by atoms with E-state index in [0.717, 1.165) is 48.6 Å². The van der Waals surface area contributed by atoms with Crippen LogP contribution in [0.15, 0.2) is 24.3 Å². The van der Waals surface area contributed by atoms with Crippen LogP contribution in [0.5, 0.6) is 5.88 Å². The van der Waals surface area contributed by atoms with Crippen LogP contribution in [0.2, 0.25) is 0 Å². The fourth-order valence-corrected chi connectivity index (χ4v) is 5.18. The fourth-order valence-electron chi connectivity index (χ4n) is 4.02. The van der Waals surface area contributed by atoms with Crippen molar-refractivity contribution in [2.75, 3.05) is 13.1 Å². The highest BCUT2D eigenvalue weighted by Gasteiger charge is 2.36. The normalized spacial score (nSPS) is 21.1. The number of aryl methyl sites for hydroxylation is 2. The molecule has 1 atom stereocenters. The molecule has 7 nitrogen and oxygen atoms in total. The summed E-state index contributed by atoms with van der Waals surface area (Å²) in [5.74, 6) is 0.641. The van der Waals surface area contributed by atoms with Gasteiger partial charge < -0.3 is 15.7 Å². The molecule has 28 heavy (non-hydrogen) atoms. The van der Waals surface area contributed by atoms with E-state index >= 15 is 0 Å². The molecule has 1 fully saturated rings. The van der Waals surface area contributed by atoms with Gasteiger partial charge in [-0.1, -0.05) is 48.1 Å². The smallest absolute Gasteiger partial charge is 0.235 e. The number of thiazole rings is 1. The van der Waals surface area contributed by atoms with Crippen LogP contribution < -0.4 is 10.6 Å². The number of rotatable bonds is 5. The van der Waals surface area contributed by atoms with Crippen molar-refractivity contribution < 1.29 is 14.8 Å². The van der Waals surface area contributed by atoms with Gasteiger partial charge in [0.05, 0.1) is 13.1 Å². The molecule has 148 valence electrons. The first-order chi connectivity index (χ1) is 13.5. The first kappa shape index (κ1) is 18.9. The molecule has 1 aliphatic rings. The number of carbonyl (C=O) groups excluding carboxylic acids is 1. The number of piperidine rings is 1. The van der Waals surface area contributed by atoms with Crippen molar-refractivity contribution in [1.29, 1.82) is 0 Å². The number of nitrogens with zero attached hydrogens (tertiary/aromatic N) is 3. The van der Waals surface area contributed by atoms with Crippen LogP contribution in [0, 0.1) is 12.8 Å². The number of hydrogen-bond donors (Lipinski definition) is 3. The third-order valence-electron chi connectivity index (χ3n) is 5.67. The Labute approximate surface area is 167 Å². The summed E-state index contributed by atoms with van der Waals surface area (Å²) in [7, 11) is 0. The van der Waals surface area contributed by atoms with Gasteiger partial charge in [0.25, 0.3) is 0 Å². The second-order valence-corrected chi connectivity index (χ2v) is 8.55. The summed E-state index contributed by atoms with van der Waals surface area (Å²) in [6.45, 7) is 5.73. The summed E-state index contributed by atoms with van der Waals surface area (Å²) in [5, 5.41) is 15.4. The van der Waals surface area contributed by atoms with Gasteiger partial charge >= 0.3 is 0 Å². The Balaban J connectivity index is 1.73. The Hall–Kier alpha value is -2.45. The van der Waals surface area contributed by atoms with Crippen LogP contribution in [0.4, 0.5) is 0 Å². The number of quaternary nitrogens is 1. The fraction of sp³-hybridized carbons (Fsp3) is 0.450. The number of aromatic hydroxyl groups is 1. The summed E-state index contributed by atoms with van der Waals surface area (Å²) in [6.07, 6.45) is 2.28. The van der Waals surface area contributed by atoms with Crippen LogP contribution in [-0.4, -0.2) is 38.7 Å². The lowest BCUT2D eigenvalue weighted by Crippen LogP contribution is -3.13. The van der Waals surface area contributed by atoms with E-state index in [1.165, 1.54) is 21.8 Å². The molecular formula is C20H26N5O2S+. The van der Waals surface area contributed by atoms with Crippen molar-refractivity contribution in [3.8, 4) is 5.88 Å². The Kier molecular flexibility index (Phi) is 5.07. The van der Waals surface area contributed by atoms with E-state index in [4.69, 9.17) is 5.73 Å². The molecule has 3 aromatic rings. The minimum absolute atomic E-state index is 0.0204. The van der Waals surface area contributed by atoms with Crippen LogP contribution in [0.1, 0.15) is 47.6 Å². The van der Waals surface area contributed by atoms with Crippen molar-refractivity contribution in [2.45, 2.75) is 39.2 Å². The molecule has 1 aliphatic heterocycles. The van der Waals surface area contributed by atoms with Crippen molar-refractivity contribution in [3.63, 3.8) is 0 Å². The second-order valence-electron chi connectivity index (χ2n) is 7.54. The minimum atomic E-state index is -0.209. The first-order valence-corrected chi connectivity index (χ1v) is 10.6. The van der Waals surface area contributed by atoms with Gasteiger partial charge in [0, 0.05) is 30.7 Å². The Bertz CT molecular complexity index is 986. The average Bonchev–Trinajstić information content (AvgIpc) is 3.23. The molecule has 1 aromatic carbocycles. The van der Waals surface area contributed by atoms with Crippen LogP contribution in [0.25, 0.3) is 4.96 Å². The van der Waals surface area contributed by atoms with E-state index in [1.807, 2.05) is 6.92 Å². The Morgan fingerprint density at radius 2 is 2.04 bits per heavy atom. The first-order valence-electron chi connectivity index (χ1n) is 9.75. The average molecular weight is 401 g/mol. The SMILES string of the molecule is CCc1nc2sc([C@H](c3ccc(C)cc3)[NH+]3CCC(C(N)=O)CC3)c(O)n2n1. The number of primary amides is 1. The number of nitrogens with two attached hydrogens (primary N) is 1. The van der Waals surface area contributed by atoms with Gasteiger partial charge in [-0.25, -0.2) is 4.98 Å². The number of fused-ring (bicyclic) bond motifs is 1. The number of carbonyl (C=O) groups is 1. The molecule has 0 bridgehead atoms. The highest BCUT2D eigenvalue weighted by molar-refractivity contribution is 7.17. The molecule has 2 aromatic heterocycles. The predicted molar refractivity (Wildman–Crippen MR) is 108 cm³/mol. The molecular weight excluding hydrogens is 374 g/mol. The van der Waals surface area contributed by atoms with Gasteiger partial charge in [0.1, 0.15) is 4.88 Å². The lowest BCUT2D eigenvalue weighted by atomic mass is 9.93.